The fourth-order valence-corrected chi connectivity index (χ4v) is 5.47. The van der Waals surface area contributed by atoms with Gasteiger partial charge in [0.25, 0.3) is 5.91 Å². The van der Waals surface area contributed by atoms with Crippen molar-refractivity contribution in [3.05, 3.63) is 35.6 Å². The summed E-state index contributed by atoms with van der Waals surface area (Å²) in [5.74, 6) is -0.483. The van der Waals surface area contributed by atoms with Crippen molar-refractivity contribution in [1.82, 2.24) is 15.1 Å². The lowest BCUT2D eigenvalue weighted by atomic mass is 10.0. The number of sulfone groups is 1. The average Bonchev–Trinajstić information content (AvgIpc) is 3.03. The topological polar surface area (TPSA) is 86.8 Å². The highest BCUT2D eigenvalue weighted by Crippen LogP contribution is 2.18. The van der Waals surface area contributed by atoms with E-state index >= 15 is 0 Å². The van der Waals surface area contributed by atoms with Crippen molar-refractivity contribution in [3.8, 4) is 0 Å². The molecule has 0 spiro atoms. The number of nitrogens with one attached hydrogen (secondary N) is 1. The molecule has 9 heteroatoms. The molecule has 2 heterocycles. The summed E-state index contributed by atoms with van der Waals surface area (Å²) in [6.45, 7) is 1.61. The molecule has 0 aromatic heterocycles. The van der Waals surface area contributed by atoms with Crippen LogP contribution in [0.1, 0.15) is 29.6 Å². The first-order valence-corrected chi connectivity index (χ1v) is 11.3. The van der Waals surface area contributed by atoms with Crippen LogP contribution in [0.2, 0.25) is 0 Å². The van der Waals surface area contributed by atoms with Gasteiger partial charge in [-0.15, -0.1) is 0 Å². The molecule has 1 aromatic rings. The molecule has 2 aliphatic heterocycles. The van der Waals surface area contributed by atoms with E-state index in [1.54, 1.807) is 11.9 Å². The molecule has 154 valence electrons. The molecule has 3 rings (SSSR count). The predicted octanol–water partition coefficient (Wildman–Crippen LogP) is 0.665. The Hall–Kier alpha value is -2.00. The van der Waals surface area contributed by atoms with Crippen molar-refractivity contribution in [1.29, 1.82) is 0 Å². The Kier molecular flexibility index (Phi) is 6.34. The van der Waals surface area contributed by atoms with Crippen LogP contribution < -0.4 is 5.32 Å². The summed E-state index contributed by atoms with van der Waals surface area (Å²) in [7, 11) is -1.35. The quantitative estimate of drug-likeness (QED) is 0.770. The van der Waals surface area contributed by atoms with E-state index < -0.39 is 9.84 Å². The predicted molar refractivity (Wildman–Crippen MR) is 103 cm³/mol. The van der Waals surface area contributed by atoms with Crippen LogP contribution in [-0.4, -0.2) is 80.3 Å². The molecule has 0 bridgehead atoms. The molecule has 0 aliphatic carbocycles. The van der Waals surface area contributed by atoms with E-state index in [0.29, 0.717) is 25.1 Å². The van der Waals surface area contributed by atoms with Crippen molar-refractivity contribution < 1.29 is 22.4 Å². The largest absolute Gasteiger partial charge is 0.349 e. The van der Waals surface area contributed by atoms with E-state index in [0.717, 1.165) is 12.8 Å². The Bertz CT molecular complexity index is 820. The van der Waals surface area contributed by atoms with E-state index in [2.05, 4.69) is 5.32 Å². The molecule has 2 aliphatic rings. The van der Waals surface area contributed by atoms with Crippen LogP contribution in [0.25, 0.3) is 0 Å². The molecule has 0 saturated carbocycles. The summed E-state index contributed by atoms with van der Waals surface area (Å²) in [4.78, 5) is 28.3. The van der Waals surface area contributed by atoms with Gasteiger partial charge in [0, 0.05) is 37.8 Å². The number of nitrogens with zero attached hydrogens (tertiary/aromatic N) is 2. The maximum absolute atomic E-state index is 13.0. The fourth-order valence-electron chi connectivity index (χ4n) is 3.69. The van der Waals surface area contributed by atoms with Gasteiger partial charge < -0.3 is 10.2 Å². The summed E-state index contributed by atoms with van der Waals surface area (Å²) in [6.07, 6.45) is 1.95. The van der Waals surface area contributed by atoms with Gasteiger partial charge in [0.2, 0.25) is 5.91 Å². The number of benzene rings is 1. The zero-order chi connectivity index (χ0) is 20.3. The molecular formula is C19H26FN3O4S. The zero-order valence-electron chi connectivity index (χ0n) is 15.9. The van der Waals surface area contributed by atoms with E-state index in [4.69, 9.17) is 0 Å². The Morgan fingerprint density at radius 2 is 1.82 bits per heavy atom. The number of rotatable bonds is 5. The van der Waals surface area contributed by atoms with Crippen LogP contribution in [0, 0.1) is 5.82 Å². The van der Waals surface area contributed by atoms with Gasteiger partial charge in [-0.2, -0.15) is 0 Å². The molecule has 28 heavy (non-hydrogen) atoms. The van der Waals surface area contributed by atoms with Crippen molar-refractivity contribution in [3.63, 3.8) is 0 Å². The summed E-state index contributed by atoms with van der Waals surface area (Å²) in [5.41, 5.74) is 0.423. The van der Waals surface area contributed by atoms with Gasteiger partial charge in [0.1, 0.15) is 5.82 Å². The molecule has 0 radical (unpaired) electrons. The molecule has 2 fully saturated rings. The summed E-state index contributed by atoms with van der Waals surface area (Å²) in [6, 6.07) is 5.21. The van der Waals surface area contributed by atoms with Gasteiger partial charge in [-0.3, -0.25) is 14.5 Å². The molecule has 7 nitrogen and oxygen atoms in total. The van der Waals surface area contributed by atoms with Crippen molar-refractivity contribution in [2.45, 2.75) is 31.3 Å². The second-order valence-corrected chi connectivity index (χ2v) is 9.82. The summed E-state index contributed by atoms with van der Waals surface area (Å²) < 4.78 is 36.2. The second-order valence-electron chi connectivity index (χ2n) is 7.59. The number of hydrogen-bond donors (Lipinski definition) is 1. The molecule has 1 N–H and O–H groups in total. The number of likely N-dealkylation sites (tertiary alicyclic amines) is 1. The smallest absolute Gasteiger partial charge is 0.251 e. The highest BCUT2D eigenvalue weighted by atomic mass is 32.2. The third kappa shape index (κ3) is 5.29. The monoisotopic (exact) mass is 411 g/mol. The van der Waals surface area contributed by atoms with E-state index in [1.807, 2.05) is 4.90 Å². The highest BCUT2D eigenvalue weighted by molar-refractivity contribution is 7.91. The van der Waals surface area contributed by atoms with Crippen molar-refractivity contribution >= 4 is 21.7 Å². The van der Waals surface area contributed by atoms with Crippen LogP contribution in [0.5, 0.6) is 0 Å². The van der Waals surface area contributed by atoms with Crippen LogP contribution in [-0.2, 0) is 14.6 Å². The van der Waals surface area contributed by atoms with Crippen molar-refractivity contribution in [2.24, 2.45) is 0 Å². The van der Waals surface area contributed by atoms with Gasteiger partial charge in [-0.05, 0) is 43.5 Å². The maximum atomic E-state index is 13.0. The first-order chi connectivity index (χ1) is 13.2. The Labute approximate surface area is 164 Å². The van der Waals surface area contributed by atoms with Crippen LogP contribution in [0.15, 0.2) is 24.3 Å². The van der Waals surface area contributed by atoms with Crippen molar-refractivity contribution in [2.75, 3.05) is 38.2 Å². The lowest BCUT2D eigenvalue weighted by Crippen LogP contribution is -2.49. The normalized spacial score (nSPS) is 22.7. The summed E-state index contributed by atoms with van der Waals surface area (Å²) >= 11 is 0. The molecule has 2 amide bonds. The Balaban J connectivity index is 1.43. The van der Waals surface area contributed by atoms with E-state index in [-0.39, 0.29) is 47.8 Å². The minimum absolute atomic E-state index is 0.0154. The Morgan fingerprint density at radius 3 is 2.39 bits per heavy atom. The number of carbonyl (C=O) groups is 2. The second kappa shape index (κ2) is 8.57. The molecular weight excluding hydrogens is 385 g/mol. The highest BCUT2D eigenvalue weighted by Gasteiger charge is 2.33. The van der Waals surface area contributed by atoms with Crippen LogP contribution >= 0.6 is 0 Å². The number of hydrogen-bond acceptors (Lipinski definition) is 5. The molecule has 1 aromatic carbocycles. The minimum Gasteiger partial charge on any atom is -0.349 e. The Morgan fingerprint density at radius 1 is 1.18 bits per heavy atom. The molecule has 1 atom stereocenters. The van der Waals surface area contributed by atoms with Gasteiger partial charge in [0.15, 0.2) is 9.84 Å². The first kappa shape index (κ1) is 20.7. The van der Waals surface area contributed by atoms with Gasteiger partial charge in [-0.1, -0.05) is 0 Å². The lowest BCUT2D eigenvalue weighted by Gasteiger charge is -2.33. The third-order valence-electron chi connectivity index (χ3n) is 5.54. The molecule has 1 unspecified atom stereocenters. The zero-order valence-corrected chi connectivity index (χ0v) is 16.8. The van der Waals surface area contributed by atoms with E-state index in [1.165, 1.54) is 24.3 Å². The van der Waals surface area contributed by atoms with Gasteiger partial charge >= 0.3 is 0 Å². The minimum atomic E-state index is -3.02. The fraction of sp³-hybridized carbons (Fsp3) is 0.579. The average molecular weight is 411 g/mol. The number of amides is 2. The van der Waals surface area contributed by atoms with Crippen LogP contribution in [0.4, 0.5) is 4.39 Å². The molecule has 2 saturated heterocycles. The third-order valence-corrected chi connectivity index (χ3v) is 7.29. The SMILES string of the molecule is CN(C(=O)CN1CCC(NC(=O)c2ccc(F)cc2)CC1)C1CCS(=O)(=O)C1. The maximum Gasteiger partial charge on any atom is 0.251 e. The van der Waals surface area contributed by atoms with Gasteiger partial charge in [0.05, 0.1) is 18.1 Å². The summed E-state index contributed by atoms with van der Waals surface area (Å²) in [5, 5.41) is 2.95. The van der Waals surface area contributed by atoms with E-state index in [9.17, 15) is 22.4 Å². The number of halogens is 1. The lowest BCUT2D eigenvalue weighted by molar-refractivity contribution is -0.133. The van der Waals surface area contributed by atoms with Crippen LogP contribution in [0.3, 0.4) is 0 Å². The first-order valence-electron chi connectivity index (χ1n) is 9.48. The van der Waals surface area contributed by atoms with Gasteiger partial charge in [-0.25, -0.2) is 12.8 Å². The standard InChI is InChI=1S/C19H26FN3O4S/c1-22(17-8-11-28(26,27)13-17)18(24)12-23-9-6-16(7-10-23)21-19(25)14-2-4-15(20)5-3-14/h2-5,16-17H,6-13H2,1H3,(H,21,25). The number of carbonyl (C=O) groups excluding carboxylic acids is 2. The number of piperidine rings is 1. The number of likely N-dealkylation sites (N-methyl/N-ethyl adjacent to an activating group) is 1.